The molecule has 2 aromatic rings. The van der Waals surface area contributed by atoms with E-state index in [1.807, 2.05) is 37.1 Å². The predicted octanol–water partition coefficient (Wildman–Crippen LogP) is 2.16. The molecule has 94 valence electrons. The average molecular weight is 308 g/mol. The molecule has 6 heteroatoms. The highest BCUT2D eigenvalue weighted by Gasteiger charge is 2.10. The summed E-state index contributed by atoms with van der Waals surface area (Å²) in [5.74, 6) is 1.02. The molecule has 0 saturated carbocycles. The van der Waals surface area contributed by atoms with Crippen LogP contribution >= 0.6 is 15.9 Å². The van der Waals surface area contributed by atoms with Crippen molar-refractivity contribution >= 4 is 27.7 Å². The van der Waals surface area contributed by atoms with Gasteiger partial charge in [0.05, 0.1) is 16.7 Å². The molecule has 0 spiro atoms. The van der Waals surface area contributed by atoms with Crippen molar-refractivity contribution in [3.8, 4) is 0 Å². The fraction of sp³-hybridized carbons (Fsp3) is 0.250. The Morgan fingerprint density at radius 1 is 1.33 bits per heavy atom. The molecule has 0 unspecified atom stereocenters. The molecule has 2 heterocycles. The summed E-state index contributed by atoms with van der Waals surface area (Å²) in [6, 6.07) is 5.96. The van der Waals surface area contributed by atoms with E-state index in [1.165, 1.54) is 0 Å². The van der Waals surface area contributed by atoms with Gasteiger partial charge in [0.25, 0.3) is 0 Å². The van der Waals surface area contributed by atoms with Crippen LogP contribution in [0.4, 0.5) is 11.8 Å². The molecule has 2 N–H and O–H groups in total. The maximum absolute atomic E-state index is 5.60. The van der Waals surface area contributed by atoms with Gasteiger partial charge in [-0.2, -0.15) is 4.98 Å². The van der Waals surface area contributed by atoms with Crippen molar-refractivity contribution in [3.63, 3.8) is 0 Å². The van der Waals surface area contributed by atoms with Crippen LogP contribution in [-0.4, -0.2) is 22.0 Å². The summed E-state index contributed by atoms with van der Waals surface area (Å²) in [6.07, 6.45) is 1.65. The SMILES string of the molecule is Cc1cccc(CN(C)c2nc(N)ncc2Br)n1. The zero-order valence-electron chi connectivity index (χ0n) is 10.3. The predicted molar refractivity (Wildman–Crippen MR) is 75.2 cm³/mol. The summed E-state index contributed by atoms with van der Waals surface area (Å²) in [4.78, 5) is 14.6. The van der Waals surface area contributed by atoms with Crippen molar-refractivity contribution in [3.05, 3.63) is 40.3 Å². The number of nitrogens with zero attached hydrogens (tertiary/aromatic N) is 4. The fourth-order valence-corrected chi connectivity index (χ4v) is 2.14. The van der Waals surface area contributed by atoms with Crippen molar-refractivity contribution in [2.75, 3.05) is 17.7 Å². The number of aryl methyl sites for hydroxylation is 1. The Balaban J connectivity index is 2.21. The zero-order valence-corrected chi connectivity index (χ0v) is 11.8. The van der Waals surface area contributed by atoms with Crippen molar-refractivity contribution < 1.29 is 0 Å². The third-order valence-corrected chi connectivity index (χ3v) is 3.01. The first-order valence-corrected chi connectivity index (χ1v) is 6.27. The van der Waals surface area contributed by atoms with Gasteiger partial charge in [-0.05, 0) is 35.0 Å². The van der Waals surface area contributed by atoms with Crippen LogP contribution < -0.4 is 10.6 Å². The molecule has 5 nitrogen and oxygen atoms in total. The summed E-state index contributed by atoms with van der Waals surface area (Å²) < 4.78 is 0.812. The minimum Gasteiger partial charge on any atom is -0.368 e. The fourth-order valence-electron chi connectivity index (χ4n) is 1.64. The van der Waals surface area contributed by atoms with Gasteiger partial charge < -0.3 is 10.6 Å². The molecule has 2 rings (SSSR count). The lowest BCUT2D eigenvalue weighted by Gasteiger charge is -2.19. The molecule has 0 aliphatic heterocycles. The monoisotopic (exact) mass is 307 g/mol. The van der Waals surface area contributed by atoms with Gasteiger partial charge in [0.15, 0.2) is 0 Å². The van der Waals surface area contributed by atoms with Crippen LogP contribution in [0.2, 0.25) is 0 Å². The molecule has 0 aliphatic rings. The quantitative estimate of drug-likeness (QED) is 0.941. The van der Waals surface area contributed by atoms with E-state index in [2.05, 4.69) is 30.9 Å². The van der Waals surface area contributed by atoms with Gasteiger partial charge in [-0.25, -0.2) is 4.98 Å². The van der Waals surface area contributed by atoms with Gasteiger partial charge in [-0.1, -0.05) is 6.07 Å². The Morgan fingerprint density at radius 3 is 2.83 bits per heavy atom. The van der Waals surface area contributed by atoms with Crippen molar-refractivity contribution in [1.29, 1.82) is 0 Å². The Hall–Kier alpha value is -1.69. The Bertz CT molecular complexity index is 558. The minimum absolute atomic E-state index is 0.261. The lowest BCUT2D eigenvalue weighted by Crippen LogP contribution is -2.19. The largest absolute Gasteiger partial charge is 0.368 e. The van der Waals surface area contributed by atoms with Gasteiger partial charge in [0.2, 0.25) is 5.95 Å². The molecule has 2 aromatic heterocycles. The molecule has 0 fully saturated rings. The van der Waals surface area contributed by atoms with Crippen LogP contribution in [0.1, 0.15) is 11.4 Å². The van der Waals surface area contributed by atoms with E-state index in [-0.39, 0.29) is 5.95 Å². The Morgan fingerprint density at radius 2 is 2.11 bits per heavy atom. The van der Waals surface area contributed by atoms with Gasteiger partial charge in [0, 0.05) is 18.9 Å². The first kappa shape index (κ1) is 12.8. The van der Waals surface area contributed by atoms with Gasteiger partial charge >= 0.3 is 0 Å². The molecule has 0 radical (unpaired) electrons. The third kappa shape index (κ3) is 2.95. The summed E-state index contributed by atoms with van der Waals surface area (Å²) in [7, 11) is 1.94. The Labute approximate surface area is 114 Å². The van der Waals surface area contributed by atoms with E-state index >= 15 is 0 Å². The second-order valence-electron chi connectivity index (χ2n) is 4.03. The van der Waals surface area contributed by atoms with E-state index in [0.29, 0.717) is 6.54 Å². The molecular weight excluding hydrogens is 294 g/mol. The van der Waals surface area contributed by atoms with Crippen molar-refractivity contribution in [1.82, 2.24) is 15.0 Å². The second kappa shape index (κ2) is 5.30. The van der Waals surface area contributed by atoms with E-state index in [9.17, 15) is 0 Å². The van der Waals surface area contributed by atoms with Gasteiger partial charge in [-0.3, -0.25) is 4.98 Å². The summed E-state index contributed by atoms with van der Waals surface area (Å²) >= 11 is 3.42. The molecule has 0 saturated heterocycles. The van der Waals surface area contributed by atoms with E-state index in [1.54, 1.807) is 6.20 Å². The number of hydrogen-bond acceptors (Lipinski definition) is 5. The standard InChI is InChI=1S/C12H14BrN5/c1-8-4-3-5-9(16-8)7-18(2)11-10(13)6-15-12(14)17-11/h3-6H,7H2,1-2H3,(H2,14,15,17). The van der Waals surface area contributed by atoms with Crippen LogP contribution in [0.5, 0.6) is 0 Å². The third-order valence-electron chi connectivity index (χ3n) is 2.45. The molecule has 0 atom stereocenters. The lowest BCUT2D eigenvalue weighted by atomic mass is 10.3. The highest BCUT2D eigenvalue weighted by Crippen LogP contribution is 2.23. The van der Waals surface area contributed by atoms with Crippen molar-refractivity contribution in [2.24, 2.45) is 0 Å². The van der Waals surface area contributed by atoms with E-state index in [4.69, 9.17) is 5.73 Å². The first-order chi connectivity index (χ1) is 8.56. The number of halogens is 1. The maximum Gasteiger partial charge on any atom is 0.222 e. The maximum atomic E-state index is 5.60. The first-order valence-electron chi connectivity index (χ1n) is 5.48. The summed E-state index contributed by atoms with van der Waals surface area (Å²) in [6.45, 7) is 2.64. The number of hydrogen-bond donors (Lipinski definition) is 1. The molecular formula is C12H14BrN5. The highest BCUT2D eigenvalue weighted by molar-refractivity contribution is 9.10. The van der Waals surface area contributed by atoms with Crippen LogP contribution in [0.15, 0.2) is 28.9 Å². The minimum atomic E-state index is 0.261. The van der Waals surface area contributed by atoms with Crippen LogP contribution in [0, 0.1) is 6.92 Å². The van der Waals surface area contributed by atoms with Gasteiger partial charge in [0.1, 0.15) is 5.82 Å². The molecule has 0 aliphatic carbocycles. The number of pyridine rings is 1. The lowest BCUT2D eigenvalue weighted by molar-refractivity contribution is 0.853. The molecule has 0 aromatic carbocycles. The summed E-state index contributed by atoms with van der Waals surface area (Å²) in [5, 5.41) is 0. The number of rotatable bonds is 3. The van der Waals surface area contributed by atoms with Gasteiger partial charge in [-0.15, -0.1) is 0 Å². The number of nitrogen functional groups attached to an aromatic ring is 1. The number of aromatic nitrogens is 3. The van der Waals surface area contributed by atoms with E-state index in [0.717, 1.165) is 21.7 Å². The normalized spacial score (nSPS) is 10.4. The molecule has 0 bridgehead atoms. The molecule has 18 heavy (non-hydrogen) atoms. The summed E-state index contributed by atoms with van der Waals surface area (Å²) in [5.41, 5.74) is 7.59. The number of anilines is 2. The zero-order chi connectivity index (χ0) is 13.1. The smallest absolute Gasteiger partial charge is 0.222 e. The Kier molecular flexibility index (Phi) is 3.76. The second-order valence-corrected chi connectivity index (χ2v) is 4.88. The van der Waals surface area contributed by atoms with Crippen molar-refractivity contribution in [2.45, 2.75) is 13.5 Å². The van der Waals surface area contributed by atoms with Crippen LogP contribution in [0.3, 0.4) is 0 Å². The number of nitrogens with two attached hydrogens (primary N) is 1. The van der Waals surface area contributed by atoms with Crippen LogP contribution in [0.25, 0.3) is 0 Å². The molecule has 0 amide bonds. The van der Waals surface area contributed by atoms with E-state index < -0.39 is 0 Å². The highest BCUT2D eigenvalue weighted by atomic mass is 79.9. The topological polar surface area (TPSA) is 67.9 Å². The average Bonchev–Trinajstić information content (AvgIpc) is 2.32. The van der Waals surface area contributed by atoms with Crippen LogP contribution in [-0.2, 0) is 6.54 Å².